The third kappa shape index (κ3) is 1.65. The average Bonchev–Trinajstić information content (AvgIpc) is 2.49. The summed E-state index contributed by atoms with van der Waals surface area (Å²) >= 11 is 0. The highest BCUT2D eigenvalue weighted by atomic mass is 16.3. The Morgan fingerprint density at radius 1 is 1.83 bits per heavy atom. The SMILES string of the molecule is C=CC1CCCN1C(=O)C(N)O. The van der Waals surface area contributed by atoms with Crippen molar-refractivity contribution in [1.29, 1.82) is 0 Å². The number of carbonyl (C=O) groups is 1. The predicted molar refractivity (Wildman–Crippen MR) is 45.1 cm³/mol. The molecule has 0 aromatic heterocycles. The Labute approximate surface area is 71.7 Å². The Kier molecular flexibility index (Phi) is 2.83. The van der Waals surface area contributed by atoms with Crippen LogP contribution in [0.4, 0.5) is 0 Å². The number of aliphatic hydroxyl groups is 1. The lowest BCUT2D eigenvalue weighted by Crippen LogP contribution is -2.45. The van der Waals surface area contributed by atoms with E-state index in [1.807, 2.05) is 0 Å². The molecule has 2 atom stereocenters. The van der Waals surface area contributed by atoms with Gasteiger partial charge in [-0.3, -0.25) is 10.5 Å². The number of rotatable bonds is 2. The van der Waals surface area contributed by atoms with Crippen molar-refractivity contribution in [2.75, 3.05) is 6.54 Å². The lowest BCUT2D eigenvalue weighted by molar-refractivity contribution is -0.139. The fourth-order valence-corrected chi connectivity index (χ4v) is 1.48. The number of amides is 1. The van der Waals surface area contributed by atoms with Crippen LogP contribution in [0.15, 0.2) is 12.7 Å². The molecule has 2 unspecified atom stereocenters. The second-order valence-electron chi connectivity index (χ2n) is 2.92. The molecule has 68 valence electrons. The minimum Gasteiger partial charge on any atom is -0.370 e. The average molecular weight is 170 g/mol. The standard InChI is InChI=1S/C8H14N2O2/c1-2-6-4-3-5-10(6)8(12)7(9)11/h2,6-7,11H,1,3-5,9H2. The Morgan fingerprint density at radius 3 is 3.00 bits per heavy atom. The lowest BCUT2D eigenvalue weighted by Gasteiger charge is -2.22. The van der Waals surface area contributed by atoms with E-state index in [9.17, 15) is 4.79 Å². The maximum Gasteiger partial charge on any atom is 0.266 e. The lowest BCUT2D eigenvalue weighted by atomic mass is 10.2. The fourth-order valence-electron chi connectivity index (χ4n) is 1.48. The predicted octanol–water partition coefficient (Wildman–Crippen LogP) is -0.559. The van der Waals surface area contributed by atoms with Crippen LogP contribution in [0.3, 0.4) is 0 Å². The number of nitrogens with two attached hydrogens (primary N) is 1. The van der Waals surface area contributed by atoms with Crippen molar-refractivity contribution in [3.8, 4) is 0 Å². The highest BCUT2D eigenvalue weighted by Crippen LogP contribution is 2.17. The number of aliphatic hydroxyl groups excluding tert-OH is 1. The summed E-state index contributed by atoms with van der Waals surface area (Å²) in [6, 6.07) is 0.0516. The maximum absolute atomic E-state index is 11.2. The zero-order valence-corrected chi connectivity index (χ0v) is 6.94. The highest BCUT2D eigenvalue weighted by Gasteiger charge is 2.28. The molecule has 4 nitrogen and oxygen atoms in total. The number of hydrogen-bond acceptors (Lipinski definition) is 3. The van der Waals surface area contributed by atoms with Gasteiger partial charge in [-0.25, -0.2) is 0 Å². The van der Waals surface area contributed by atoms with Gasteiger partial charge in [-0.1, -0.05) is 6.08 Å². The van der Waals surface area contributed by atoms with Crippen LogP contribution < -0.4 is 5.73 Å². The van der Waals surface area contributed by atoms with Crippen LogP contribution >= 0.6 is 0 Å². The van der Waals surface area contributed by atoms with Gasteiger partial charge in [-0.05, 0) is 12.8 Å². The van der Waals surface area contributed by atoms with Gasteiger partial charge in [0.15, 0.2) is 6.23 Å². The summed E-state index contributed by atoms with van der Waals surface area (Å²) < 4.78 is 0. The molecule has 3 N–H and O–H groups in total. The van der Waals surface area contributed by atoms with E-state index in [1.165, 1.54) is 0 Å². The van der Waals surface area contributed by atoms with Crippen molar-refractivity contribution < 1.29 is 9.90 Å². The van der Waals surface area contributed by atoms with Crippen LogP contribution in [0, 0.1) is 0 Å². The molecule has 1 saturated heterocycles. The normalized spacial score (nSPS) is 25.5. The van der Waals surface area contributed by atoms with Crippen LogP contribution in [-0.2, 0) is 4.79 Å². The zero-order valence-electron chi connectivity index (χ0n) is 6.94. The van der Waals surface area contributed by atoms with Crippen molar-refractivity contribution in [3.05, 3.63) is 12.7 Å². The summed E-state index contributed by atoms with van der Waals surface area (Å²) in [6.45, 7) is 4.29. The molecule has 0 saturated carbocycles. The Bertz CT molecular complexity index is 191. The summed E-state index contributed by atoms with van der Waals surface area (Å²) in [7, 11) is 0. The first-order chi connectivity index (χ1) is 5.66. The minimum atomic E-state index is -1.38. The second kappa shape index (κ2) is 3.69. The summed E-state index contributed by atoms with van der Waals surface area (Å²) in [5.74, 6) is -0.405. The smallest absolute Gasteiger partial charge is 0.266 e. The van der Waals surface area contributed by atoms with Gasteiger partial charge in [0, 0.05) is 12.6 Å². The molecule has 0 aliphatic carbocycles. The van der Waals surface area contributed by atoms with E-state index in [2.05, 4.69) is 6.58 Å². The zero-order chi connectivity index (χ0) is 9.14. The molecule has 1 aliphatic heterocycles. The van der Waals surface area contributed by atoms with Crippen molar-refractivity contribution in [2.45, 2.75) is 25.1 Å². The summed E-state index contributed by atoms with van der Waals surface area (Å²) in [4.78, 5) is 12.8. The Balaban J connectivity index is 2.61. The number of hydrogen-bond donors (Lipinski definition) is 2. The monoisotopic (exact) mass is 170 g/mol. The van der Waals surface area contributed by atoms with Gasteiger partial charge in [-0.15, -0.1) is 6.58 Å². The topological polar surface area (TPSA) is 66.6 Å². The van der Waals surface area contributed by atoms with Crippen LogP contribution in [0.25, 0.3) is 0 Å². The third-order valence-electron chi connectivity index (χ3n) is 2.11. The summed E-state index contributed by atoms with van der Waals surface area (Å²) in [5, 5.41) is 8.85. The van der Waals surface area contributed by atoms with Crippen LogP contribution in [0.5, 0.6) is 0 Å². The van der Waals surface area contributed by atoms with Gasteiger partial charge in [0.2, 0.25) is 0 Å². The first kappa shape index (κ1) is 9.22. The van der Waals surface area contributed by atoms with Crippen LogP contribution in [-0.4, -0.2) is 34.7 Å². The number of likely N-dealkylation sites (tertiary alicyclic amines) is 1. The molecule has 0 aromatic rings. The first-order valence-corrected chi connectivity index (χ1v) is 4.03. The van der Waals surface area contributed by atoms with Gasteiger partial charge < -0.3 is 10.0 Å². The van der Waals surface area contributed by atoms with E-state index in [1.54, 1.807) is 11.0 Å². The van der Waals surface area contributed by atoms with Gasteiger partial charge in [-0.2, -0.15) is 0 Å². The van der Waals surface area contributed by atoms with Crippen LogP contribution in [0.1, 0.15) is 12.8 Å². The maximum atomic E-state index is 11.2. The van der Waals surface area contributed by atoms with Crippen molar-refractivity contribution in [1.82, 2.24) is 4.90 Å². The molecular formula is C8H14N2O2. The van der Waals surface area contributed by atoms with E-state index in [0.717, 1.165) is 12.8 Å². The Morgan fingerprint density at radius 2 is 2.50 bits per heavy atom. The Hall–Kier alpha value is -0.870. The quantitative estimate of drug-likeness (QED) is 0.431. The minimum absolute atomic E-state index is 0.0516. The van der Waals surface area contributed by atoms with E-state index < -0.39 is 12.1 Å². The van der Waals surface area contributed by atoms with Crippen molar-refractivity contribution >= 4 is 5.91 Å². The van der Waals surface area contributed by atoms with Crippen molar-refractivity contribution in [3.63, 3.8) is 0 Å². The van der Waals surface area contributed by atoms with Gasteiger partial charge >= 0.3 is 0 Å². The summed E-state index contributed by atoms with van der Waals surface area (Å²) in [5.41, 5.74) is 5.06. The molecule has 12 heavy (non-hydrogen) atoms. The van der Waals surface area contributed by atoms with E-state index in [4.69, 9.17) is 10.8 Å². The molecule has 4 heteroatoms. The van der Waals surface area contributed by atoms with E-state index in [0.29, 0.717) is 6.54 Å². The van der Waals surface area contributed by atoms with Gasteiger partial charge in [0.05, 0.1) is 0 Å². The molecule has 1 amide bonds. The molecule has 0 radical (unpaired) electrons. The summed E-state index contributed by atoms with van der Waals surface area (Å²) in [6.07, 6.45) is 2.20. The fraction of sp³-hybridized carbons (Fsp3) is 0.625. The van der Waals surface area contributed by atoms with E-state index >= 15 is 0 Å². The molecule has 1 rings (SSSR count). The first-order valence-electron chi connectivity index (χ1n) is 4.03. The van der Waals surface area contributed by atoms with Gasteiger partial charge in [0.1, 0.15) is 0 Å². The van der Waals surface area contributed by atoms with Gasteiger partial charge in [0.25, 0.3) is 5.91 Å². The van der Waals surface area contributed by atoms with E-state index in [-0.39, 0.29) is 6.04 Å². The molecule has 0 bridgehead atoms. The van der Waals surface area contributed by atoms with Crippen molar-refractivity contribution in [2.24, 2.45) is 5.73 Å². The molecule has 1 heterocycles. The number of nitrogens with zero attached hydrogens (tertiary/aromatic N) is 1. The largest absolute Gasteiger partial charge is 0.370 e. The molecule has 0 spiro atoms. The molecule has 1 fully saturated rings. The number of carbonyl (C=O) groups excluding carboxylic acids is 1. The molecule has 0 aromatic carbocycles. The van der Waals surface area contributed by atoms with Crippen LogP contribution in [0.2, 0.25) is 0 Å². The molecular weight excluding hydrogens is 156 g/mol. The third-order valence-corrected chi connectivity index (χ3v) is 2.11. The molecule has 1 aliphatic rings. The second-order valence-corrected chi connectivity index (χ2v) is 2.92. The highest BCUT2D eigenvalue weighted by molar-refractivity contribution is 5.80.